The molecule has 110 valence electrons. The molecule has 0 aliphatic carbocycles. The maximum Gasteiger partial charge on any atom is 0.178 e. The first-order valence-corrected chi connectivity index (χ1v) is 9.83. The van der Waals surface area contributed by atoms with Crippen LogP contribution in [-0.2, 0) is 0 Å². The topological polar surface area (TPSA) is 17.1 Å². The number of rotatable bonds is 6. The van der Waals surface area contributed by atoms with Gasteiger partial charge in [-0.3, -0.25) is 4.79 Å². The Morgan fingerprint density at radius 1 is 1.25 bits per heavy atom. The molecule has 20 heavy (non-hydrogen) atoms. The van der Waals surface area contributed by atoms with Crippen LogP contribution in [0.1, 0.15) is 49.2 Å². The molecule has 0 N–H and O–H groups in total. The fraction of sp³-hybridized carbons (Fsp3) is 0.500. The van der Waals surface area contributed by atoms with Gasteiger partial charge in [-0.2, -0.15) is 0 Å². The van der Waals surface area contributed by atoms with Gasteiger partial charge in [0.25, 0.3) is 0 Å². The summed E-state index contributed by atoms with van der Waals surface area (Å²) in [5, 5.41) is 0.542. The Morgan fingerprint density at radius 2 is 1.95 bits per heavy atom. The van der Waals surface area contributed by atoms with Crippen molar-refractivity contribution in [1.29, 1.82) is 0 Å². The van der Waals surface area contributed by atoms with E-state index < -0.39 is 0 Å². The highest BCUT2D eigenvalue weighted by atomic mass is 79.9. The van der Waals surface area contributed by atoms with Crippen molar-refractivity contribution in [2.24, 2.45) is 5.92 Å². The minimum absolute atomic E-state index is 0.0385. The van der Waals surface area contributed by atoms with E-state index in [1.54, 1.807) is 0 Å². The molecule has 6 heteroatoms. The fourth-order valence-corrected chi connectivity index (χ4v) is 6.78. The van der Waals surface area contributed by atoms with Gasteiger partial charge >= 0.3 is 0 Å². The lowest BCUT2D eigenvalue weighted by atomic mass is 9.94. The van der Waals surface area contributed by atoms with Crippen LogP contribution in [0.15, 0.2) is 7.57 Å². The Balaban J connectivity index is 2.39. The maximum atomic E-state index is 14.5. The van der Waals surface area contributed by atoms with Crippen LogP contribution in [0.5, 0.6) is 0 Å². The van der Waals surface area contributed by atoms with Crippen molar-refractivity contribution in [3.05, 3.63) is 18.3 Å². The minimum atomic E-state index is -0.362. The third-order valence-corrected chi connectivity index (χ3v) is 7.52. The minimum Gasteiger partial charge on any atom is -0.293 e. The molecule has 0 saturated carbocycles. The molecule has 2 aromatic heterocycles. The largest absolute Gasteiger partial charge is 0.293 e. The summed E-state index contributed by atoms with van der Waals surface area (Å²) in [5.74, 6) is -0.462. The van der Waals surface area contributed by atoms with Crippen molar-refractivity contribution in [3.63, 3.8) is 0 Å². The van der Waals surface area contributed by atoms with Gasteiger partial charge in [-0.15, -0.1) is 22.7 Å². The molecule has 0 fully saturated rings. The summed E-state index contributed by atoms with van der Waals surface area (Å²) < 4.78 is 17.0. The van der Waals surface area contributed by atoms with Crippen molar-refractivity contribution in [3.8, 4) is 0 Å². The highest BCUT2D eigenvalue weighted by Gasteiger charge is 2.27. The smallest absolute Gasteiger partial charge is 0.178 e. The number of ketones is 1. The first kappa shape index (κ1) is 16.6. The molecule has 1 atom stereocenters. The Bertz CT molecular complexity index is 633. The Morgan fingerprint density at radius 3 is 2.50 bits per heavy atom. The number of carbonyl (C=O) groups is 1. The molecule has 0 amide bonds. The van der Waals surface area contributed by atoms with Crippen molar-refractivity contribution in [2.75, 3.05) is 0 Å². The summed E-state index contributed by atoms with van der Waals surface area (Å²) in [6.07, 6.45) is 3.69. The lowest BCUT2D eigenvalue weighted by Gasteiger charge is -2.11. The Hall–Kier alpha value is 0.220. The van der Waals surface area contributed by atoms with Gasteiger partial charge in [0, 0.05) is 5.92 Å². The van der Waals surface area contributed by atoms with Gasteiger partial charge in [0.05, 0.1) is 17.7 Å². The van der Waals surface area contributed by atoms with Gasteiger partial charge in [-0.1, -0.05) is 26.7 Å². The number of Topliss-reactive ketones (excluding diaryl/α,β-unsaturated/α-hetero) is 1. The van der Waals surface area contributed by atoms with Crippen molar-refractivity contribution >= 4 is 70.4 Å². The summed E-state index contributed by atoms with van der Waals surface area (Å²) in [6, 6.07) is 0. The van der Waals surface area contributed by atoms with Gasteiger partial charge < -0.3 is 0 Å². The third kappa shape index (κ3) is 3.03. The Kier molecular flexibility index (Phi) is 5.79. The van der Waals surface area contributed by atoms with Gasteiger partial charge in [0.15, 0.2) is 11.6 Å². The fourth-order valence-electron chi connectivity index (χ4n) is 2.22. The summed E-state index contributed by atoms with van der Waals surface area (Å²) in [7, 11) is 0. The van der Waals surface area contributed by atoms with Crippen LogP contribution in [0.2, 0.25) is 0 Å². The van der Waals surface area contributed by atoms with Crippen LogP contribution in [0.4, 0.5) is 4.39 Å². The zero-order valence-electron chi connectivity index (χ0n) is 11.3. The lowest BCUT2D eigenvalue weighted by molar-refractivity contribution is 0.0909. The van der Waals surface area contributed by atoms with E-state index in [2.05, 4.69) is 38.8 Å². The summed E-state index contributed by atoms with van der Waals surface area (Å²) in [4.78, 5) is 12.8. The molecule has 0 spiro atoms. The maximum absolute atomic E-state index is 14.5. The quantitative estimate of drug-likeness (QED) is 0.440. The van der Waals surface area contributed by atoms with E-state index in [-0.39, 0.29) is 22.4 Å². The number of fused-ring (bicyclic) bond motifs is 1. The summed E-state index contributed by atoms with van der Waals surface area (Å²) >= 11 is 9.51. The molecule has 1 unspecified atom stereocenters. The third-order valence-electron chi connectivity index (χ3n) is 3.40. The second kappa shape index (κ2) is 6.99. The van der Waals surface area contributed by atoms with Gasteiger partial charge in [-0.25, -0.2) is 4.39 Å². The normalized spacial score (nSPS) is 13.1. The number of carbonyl (C=O) groups excluding carboxylic acids is 1. The highest BCUT2D eigenvalue weighted by molar-refractivity contribution is 9.12. The van der Waals surface area contributed by atoms with Gasteiger partial charge in [-0.05, 0) is 44.7 Å². The summed E-state index contributed by atoms with van der Waals surface area (Å²) in [5.41, 5.74) is 0. The lowest BCUT2D eigenvalue weighted by Crippen LogP contribution is -2.13. The zero-order chi connectivity index (χ0) is 14.9. The van der Waals surface area contributed by atoms with Crippen LogP contribution >= 0.6 is 54.5 Å². The van der Waals surface area contributed by atoms with Gasteiger partial charge in [0.2, 0.25) is 0 Å². The average Bonchev–Trinajstić information content (AvgIpc) is 2.90. The van der Waals surface area contributed by atoms with E-state index >= 15 is 0 Å². The predicted octanol–water partition coefficient (Wildman–Crippen LogP) is 7.03. The second-order valence-electron chi connectivity index (χ2n) is 4.71. The van der Waals surface area contributed by atoms with E-state index in [0.717, 1.165) is 38.0 Å². The van der Waals surface area contributed by atoms with Gasteiger partial charge in [0.1, 0.15) is 4.88 Å². The average molecular weight is 442 g/mol. The van der Waals surface area contributed by atoms with E-state index in [9.17, 15) is 9.18 Å². The molecule has 0 radical (unpaired) electrons. The second-order valence-corrected chi connectivity index (χ2v) is 9.39. The molecule has 0 saturated heterocycles. The molecular formula is C14H15Br2FOS2. The SMILES string of the molecule is CCCCC(CC)C(=O)c1sc2c(Br)sc(Br)c2c1F. The molecule has 2 aromatic rings. The van der Waals surface area contributed by atoms with Crippen molar-refractivity contribution < 1.29 is 9.18 Å². The molecule has 2 heterocycles. The van der Waals surface area contributed by atoms with Crippen LogP contribution < -0.4 is 0 Å². The van der Waals surface area contributed by atoms with E-state index in [4.69, 9.17) is 0 Å². The number of halogens is 3. The number of unbranched alkanes of at least 4 members (excludes halogenated alkanes) is 1. The first-order chi connectivity index (χ1) is 9.51. The molecule has 0 aromatic carbocycles. The monoisotopic (exact) mass is 440 g/mol. The highest BCUT2D eigenvalue weighted by Crippen LogP contribution is 2.46. The Labute approximate surface area is 142 Å². The standard InChI is InChI=1S/C14H15Br2FOS2/c1-3-5-6-7(4-2)10(18)12-9(17)8-11(19-12)14(16)20-13(8)15/h7H,3-6H2,1-2H3. The first-order valence-electron chi connectivity index (χ1n) is 6.61. The predicted molar refractivity (Wildman–Crippen MR) is 92.7 cm³/mol. The zero-order valence-corrected chi connectivity index (χ0v) is 16.1. The number of hydrogen-bond donors (Lipinski definition) is 0. The van der Waals surface area contributed by atoms with Crippen LogP contribution in [-0.4, -0.2) is 5.78 Å². The molecule has 0 aliphatic heterocycles. The van der Waals surface area contributed by atoms with Crippen molar-refractivity contribution in [1.82, 2.24) is 0 Å². The molecular weight excluding hydrogens is 427 g/mol. The van der Waals surface area contributed by atoms with Crippen molar-refractivity contribution in [2.45, 2.75) is 39.5 Å². The van der Waals surface area contributed by atoms with Crippen LogP contribution in [0.25, 0.3) is 10.1 Å². The van der Waals surface area contributed by atoms with Crippen LogP contribution in [0.3, 0.4) is 0 Å². The van der Waals surface area contributed by atoms with Crippen LogP contribution in [0, 0.1) is 11.7 Å². The van der Waals surface area contributed by atoms with E-state index in [1.165, 1.54) is 22.7 Å². The van der Waals surface area contributed by atoms with E-state index in [1.807, 2.05) is 6.92 Å². The summed E-state index contributed by atoms with van der Waals surface area (Å²) in [6.45, 7) is 4.10. The number of hydrogen-bond acceptors (Lipinski definition) is 3. The molecule has 0 bridgehead atoms. The number of thiophene rings is 2. The molecule has 0 aliphatic rings. The molecule has 1 nitrogen and oxygen atoms in total. The van der Waals surface area contributed by atoms with E-state index in [0.29, 0.717) is 5.39 Å². The molecule has 2 rings (SSSR count).